The van der Waals surface area contributed by atoms with Crippen LogP contribution in [0, 0.1) is 0 Å². The summed E-state index contributed by atoms with van der Waals surface area (Å²) >= 11 is 1.52. The third-order valence-corrected chi connectivity index (χ3v) is 4.75. The number of methoxy groups -OCH3 is 1. The summed E-state index contributed by atoms with van der Waals surface area (Å²) in [7, 11) is -1.72. The molecular weight excluding hydrogens is 367 g/mol. The number of unbranched alkanes of at least 4 members (excludes halogenated alkanes) is 3. The average molecular weight is 398 g/mol. The van der Waals surface area contributed by atoms with Gasteiger partial charge in [-0.2, -0.15) is 11.8 Å². The molecule has 0 spiro atoms. The Labute approximate surface area is 154 Å². The number of ether oxygens (including phenoxy) is 1. The van der Waals surface area contributed by atoms with Crippen LogP contribution in [-0.2, 0) is 23.4 Å². The van der Waals surface area contributed by atoms with Gasteiger partial charge in [0.2, 0.25) is 11.8 Å². The molecule has 0 radical (unpaired) electrons. The van der Waals surface area contributed by atoms with E-state index in [0.29, 0.717) is 25.3 Å². The number of nitrogens with one attached hydrogen (secondary N) is 2. The fourth-order valence-corrected chi connectivity index (χ4v) is 3.03. The maximum Gasteiger partial charge on any atom is 0.325 e. The number of amides is 2. The molecule has 0 aromatic carbocycles. The van der Waals surface area contributed by atoms with Gasteiger partial charge >= 0.3 is 7.60 Å². The quantitative estimate of drug-likeness (QED) is 0.266. The Morgan fingerprint density at radius 3 is 2.44 bits per heavy atom. The SMILES string of the molecule is COCCCSCC(=O)NCC(=O)NCCCCCCOP(C)(=O)O. The first kappa shape index (κ1) is 24.4. The van der Waals surface area contributed by atoms with Crippen molar-refractivity contribution in [1.29, 1.82) is 0 Å². The first-order valence-corrected chi connectivity index (χ1v) is 11.6. The standard InChI is InChI=1S/C15H31N2O6PS/c1-22-9-7-11-25-13-15(19)17-12-14(18)16-8-5-3-4-6-10-23-24(2,20)21/h3-13H2,1-2H3,(H,16,18)(H,17,19)(H,20,21). The van der Waals surface area contributed by atoms with Crippen LogP contribution in [0.3, 0.4) is 0 Å². The monoisotopic (exact) mass is 398 g/mol. The Morgan fingerprint density at radius 1 is 1.04 bits per heavy atom. The van der Waals surface area contributed by atoms with Gasteiger partial charge < -0.3 is 24.8 Å². The van der Waals surface area contributed by atoms with Crippen molar-refractivity contribution < 1.29 is 28.3 Å². The zero-order valence-electron chi connectivity index (χ0n) is 15.1. The first-order chi connectivity index (χ1) is 11.8. The van der Waals surface area contributed by atoms with Crippen molar-refractivity contribution in [3.8, 4) is 0 Å². The largest absolute Gasteiger partial charge is 0.385 e. The fourth-order valence-electron chi connectivity index (χ4n) is 1.80. The Balaban J connectivity index is 3.40. The molecule has 10 heteroatoms. The highest BCUT2D eigenvalue weighted by Crippen LogP contribution is 2.36. The summed E-state index contributed by atoms with van der Waals surface area (Å²) in [5.74, 6) is 0.854. The summed E-state index contributed by atoms with van der Waals surface area (Å²) in [6.45, 7) is 2.67. The van der Waals surface area contributed by atoms with Gasteiger partial charge in [0, 0.05) is 26.9 Å². The lowest BCUT2D eigenvalue weighted by atomic mass is 10.2. The highest BCUT2D eigenvalue weighted by Gasteiger charge is 2.08. The molecule has 0 bridgehead atoms. The van der Waals surface area contributed by atoms with Crippen LogP contribution in [0.25, 0.3) is 0 Å². The number of carbonyl (C=O) groups is 2. The van der Waals surface area contributed by atoms with Gasteiger partial charge in [-0.25, -0.2) is 0 Å². The van der Waals surface area contributed by atoms with Crippen LogP contribution in [0.2, 0.25) is 0 Å². The minimum atomic E-state index is -3.37. The average Bonchev–Trinajstić information content (AvgIpc) is 2.54. The predicted octanol–water partition coefficient (Wildman–Crippen LogP) is 1.38. The molecule has 0 saturated carbocycles. The van der Waals surface area contributed by atoms with Crippen LogP contribution < -0.4 is 10.6 Å². The Kier molecular flexibility index (Phi) is 15.3. The lowest BCUT2D eigenvalue weighted by Gasteiger charge is -2.08. The van der Waals surface area contributed by atoms with Crippen LogP contribution in [0.1, 0.15) is 32.1 Å². The first-order valence-electron chi connectivity index (χ1n) is 8.40. The van der Waals surface area contributed by atoms with Crippen LogP contribution in [-0.4, -0.2) is 68.3 Å². The second-order valence-corrected chi connectivity index (χ2v) is 8.55. The summed E-state index contributed by atoms with van der Waals surface area (Å²) in [6, 6.07) is 0. The molecular formula is C15H31N2O6PS. The zero-order valence-corrected chi connectivity index (χ0v) is 16.8. The molecule has 0 aliphatic rings. The van der Waals surface area contributed by atoms with E-state index in [9.17, 15) is 14.2 Å². The van der Waals surface area contributed by atoms with E-state index in [1.165, 1.54) is 18.4 Å². The maximum atomic E-state index is 11.6. The molecule has 8 nitrogen and oxygen atoms in total. The van der Waals surface area contributed by atoms with Crippen molar-refractivity contribution in [2.24, 2.45) is 0 Å². The second kappa shape index (κ2) is 15.6. The number of rotatable bonds is 16. The third-order valence-electron chi connectivity index (χ3n) is 3.04. The Bertz CT molecular complexity index is 419. The normalized spacial score (nSPS) is 13.2. The van der Waals surface area contributed by atoms with E-state index >= 15 is 0 Å². The predicted molar refractivity (Wildman–Crippen MR) is 100 cm³/mol. The van der Waals surface area contributed by atoms with Crippen molar-refractivity contribution >= 4 is 31.2 Å². The van der Waals surface area contributed by atoms with Crippen LogP contribution in [0.15, 0.2) is 0 Å². The molecule has 148 valence electrons. The van der Waals surface area contributed by atoms with Gasteiger partial charge in [-0.3, -0.25) is 14.2 Å². The summed E-state index contributed by atoms with van der Waals surface area (Å²) in [5.41, 5.74) is 0. The van der Waals surface area contributed by atoms with Gasteiger partial charge in [-0.05, 0) is 25.0 Å². The second-order valence-electron chi connectivity index (χ2n) is 5.58. The van der Waals surface area contributed by atoms with Crippen molar-refractivity contribution in [3.05, 3.63) is 0 Å². The van der Waals surface area contributed by atoms with Crippen molar-refractivity contribution in [1.82, 2.24) is 10.6 Å². The minimum absolute atomic E-state index is 0.00636. The number of hydrogen-bond donors (Lipinski definition) is 3. The molecule has 1 atom stereocenters. The molecule has 0 rings (SSSR count). The summed E-state index contributed by atoms with van der Waals surface area (Å²) < 4.78 is 20.6. The van der Waals surface area contributed by atoms with Crippen LogP contribution in [0.5, 0.6) is 0 Å². The molecule has 3 N–H and O–H groups in total. The molecule has 0 aliphatic carbocycles. The highest BCUT2D eigenvalue weighted by molar-refractivity contribution is 7.99. The molecule has 25 heavy (non-hydrogen) atoms. The molecule has 0 fully saturated rings. The topological polar surface area (TPSA) is 114 Å². The van der Waals surface area contributed by atoms with E-state index in [2.05, 4.69) is 10.6 Å². The number of hydrogen-bond acceptors (Lipinski definition) is 6. The minimum Gasteiger partial charge on any atom is -0.385 e. The van der Waals surface area contributed by atoms with E-state index in [4.69, 9.17) is 14.2 Å². The smallest absolute Gasteiger partial charge is 0.325 e. The van der Waals surface area contributed by atoms with Gasteiger partial charge in [0.15, 0.2) is 0 Å². The van der Waals surface area contributed by atoms with Crippen LogP contribution >= 0.6 is 19.4 Å². The molecule has 2 amide bonds. The maximum absolute atomic E-state index is 11.6. The Morgan fingerprint density at radius 2 is 1.76 bits per heavy atom. The van der Waals surface area contributed by atoms with E-state index in [-0.39, 0.29) is 25.0 Å². The molecule has 0 aromatic rings. The van der Waals surface area contributed by atoms with E-state index < -0.39 is 7.60 Å². The fraction of sp³-hybridized carbons (Fsp3) is 0.867. The summed E-state index contributed by atoms with van der Waals surface area (Å²) in [4.78, 5) is 32.1. The van der Waals surface area contributed by atoms with Crippen LogP contribution in [0.4, 0.5) is 0 Å². The summed E-state index contributed by atoms with van der Waals surface area (Å²) in [5, 5.41) is 5.33. The van der Waals surface area contributed by atoms with Gasteiger partial charge in [-0.15, -0.1) is 0 Å². The Hall–Kier alpha value is -0.600. The van der Waals surface area contributed by atoms with E-state index in [1.54, 1.807) is 7.11 Å². The van der Waals surface area contributed by atoms with Crippen molar-refractivity contribution in [3.63, 3.8) is 0 Å². The van der Waals surface area contributed by atoms with E-state index in [0.717, 1.165) is 31.4 Å². The number of thioether (sulfide) groups is 1. The lowest BCUT2D eigenvalue weighted by molar-refractivity contribution is -0.124. The molecule has 1 unspecified atom stereocenters. The zero-order chi connectivity index (χ0) is 19.0. The highest BCUT2D eigenvalue weighted by atomic mass is 32.2. The van der Waals surface area contributed by atoms with Gasteiger partial charge in [0.1, 0.15) is 0 Å². The van der Waals surface area contributed by atoms with Gasteiger partial charge in [-0.1, -0.05) is 12.8 Å². The molecule has 0 heterocycles. The molecule has 0 saturated heterocycles. The van der Waals surface area contributed by atoms with Gasteiger partial charge in [0.25, 0.3) is 0 Å². The van der Waals surface area contributed by atoms with Gasteiger partial charge in [0.05, 0.1) is 18.9 Å². The van der Waals surface area contributed by atoms with E-state index in [1.807, 2.05) is 0 Å². The molecule has 0 aromatic heterocycles. The lowest BCUT2D eigenvalue weighted by Crippen LogP contribution is -2.38. The van der Waals surface area contributed by atoms with Crippen molar-refractivity contribution in [2.45, 2.75) is 32.1 Å². The summed E-state index contributed by atoms with van der Waals surface area (Å²) in [6.07, 6.45) is 4.20. The van der Waals surface area contributed by atoms with Crippen molar-refractivity contribution in [2.75, 3.05) is 51.6 Å². The molecule has 0 aliphatic heterocycles. The number of carbonyl (C=O) groups excluding carboxylic acids is 2. The third kappa shape index (κ3) is 19.6.